The number of nitrogens with zero attached hydrogens (tertiary/aromatic N) is 4. The molecule has 0 radical (unpaired) electrons. The molecular weight excluding hydrogens is 264 g/mol. The lowest BCUT2D eigenvalue weighted by atomic mass is 10.6. The second-order valence-electron chi connectivity index (χ2n) is 2.48. The number of thioether (sulfide) groups is 1. The molecular formula is C8H7BrN4S. The van der Waals surface area contributed by atoms with Gasteiger partial charge >= 0.3 is 0 Å². The average molecular weight is 271 g/mol. The predicted molar refractivity (Wildman–Crippen MR) is 58.6 cm³/mol. The summed E-state index contributed by atoms with van der Waals surface area (Å²) in [5, 5.41) is 4.84. The van der Waals surface area contributed by atoms with Gasteiger partial charge in [0.15, 0.2) is 11.0 Å². The molecule has 6 heteroatoms. The highest BCUT2D eigenvalue weighted by Crippen LogP contribution is 2.19. The highest BCUT2D eigenvalue weighted by atomic mass is 79.9. The van der Waals surface area contributed by atoms with Crippen molar-refractivity contribution < 1.29 is 0 Å². The first-order chi connectivity index (χ1) is 6.81. The molecule has 0 bridgehead atoms. The van der Waals surface area contributed by atoms with Crippen molar-refractivity contribution in [3.8, 4) is 5.82 Å². The van der Waals surface area contributed by atoms with Gasteiger partial charge in [-0.25, -0.2) is 14.6 Å². The smallest absolute Gasteiger partial charge is 0.189 e. The van der Waals surface area contributed by atoms with Gasteiger partial charge in [0.25, 0.3) is 0 Å². The van der Waals surface area contributed by atoms with Crippen LogP contribution in [0.5, 0.6) is 0 Å². The molecule has 0 saturated heterocycles. The number of hydrogen-bond donors (Lipinski definition) is 0. The minimum absolute atomic E-state index is 0.735. The maximum atomic E-state index is 4.34. The van der Waals surface area contributed by atoms with Crippen LogP contribution >= 0.6 is 27.7 Å². The SMILES string of the molecule is CSc1ncc(Br)c(-n2cccn2)n1. The summed E-state index contributed by atoms with van der Waals surface area (Å²) >= 11 is 4.89. The lowest BCUT2D eigenvalue weighted by molar-refractivity contribution is 0.800. The van der Waals surface area contributed by atoms with E-state index in [0.29, 0.717) is 0 Å². The van der Waals surface area contributed by atoms with E-state index in [1.54, 1.807) is 17.1 Å². The number of aromatic nitrogens is 4. The van der Waals surface area contributed by atoms with Crippen molar-refractivity contribution in [2.24, 2.45) is 0 Å². The second kappa shape index (κ2) is 4.10. The Morgan fingerprint density at radius 1 is 1.50 bits per heavy atom. The molecule has 14 heavy (non-hydrogen) atoms. The molecule has 2 rings (SSSR count). The molecule has 0 atom stereocenters. The summed E-state index contributed by atoms with van der Waals surface area (Å²) < 4.78 is 2.53. The van der Waals surface area contributed by atoms with Gasteiger partial charge in [0.2, 0.25) is 0 Å². The van der Waals surface area contributed by atoms with Gasteiger partial charge in [-0.1, -0.05) is 11.8 Å². The van der Waals surface area contributed by atoms with Crippen molar-refractivity contribution in [3.05, 3.63) is 29.1 Å². The number of halogens is 1. The van der Waals surface area contributed by atoms with E-state index in [1.165, 1.54) is 11.8 Å². The van der Waals surface area contributed by atoms with E-state index in [2.05, 4.69) is 31.0 Å². The zero-order valence-electron chi connectivity index (χ0n) is 7.38. The van der Waals surface area contributed by atoms with Gasteiger partial charge in [0.1, 0.15) is 0 Å². The molecule has 2 aromatic rings. The first-order valence-electron chi connectivity index (χ1n) is 3.88. The van der Waals surface area contributed by atoms with Gasteiger partial charge in [0.05, 0.1) is 4.47 Å². The first kappa shape index (κ1) is 9.67. The zero-order valence-corrected chi connectivity index (χ0v) is 9.79. The maximum Gasteiger partial charge on any atom is 0.189 e. The third-order valence-corrected chi connectivity index (χ3v) is 2.73. The lowest BCUT2D eigenvalue weighted by Gasteiger charge is -2.03. The molecule has 0 aliphatic heterocycles. The molecule has 0 aliphatic carbocycles. The van der Waals surface area contributed by atoms with Gasteiger partial charge in [-0.2, -0.15) is 5.10 Å². The molecule has 0 N–H and O–H groups in total. The van der Waals surface area contributed by atoms with Crippen molar-refractivity contribution >= 4 is 27.7 Å². The summed E-state index contributed by atoms with van der Waals surface area (Å²) in [6.45, 7) is 0. The van der Waals surface area contributed by atoms with Crippen LogP contribution in [-0.4, -0.2) is 26.0 Å². The van der Waals surface area contributed by atoms with Gasteiger partial charge in [-0.15, -0.1) is 0 Å². The molecule has 0 amide bonds. The molecule has 2 heterocycles. The molecule has 0 aromatic carbocycles. The standard InChI is InChI=1S/C8H7BrN4S/c1-14-8-10-5-6(9)7(12-8)13-4-2-3-11-13/h2-5H,1H3. The zero-order chi connectivity index (χ0) is 9.97. The van der Waals surface area contributed by atoms with Crippen molar-refractivity contribution in [2.45, 2.75) is 5.16 Å². The maximum absolute atomic E-state index is 4.34. The van der Waals surface area contributed by atoms with E-state index < -0.39 is 0 Å². The summed E-state index contributed by atoms with van der Waals surface area (Å²) in [6, 6.07) is 1.85. The molecule has 0 saturated carbocycles. The minimum atomic E-state index is 0.735. The predicted octanol–water partition coefficient (Wildman–Crippen LogP) is 2.15. The molecule has 0 unspecified atom stereocenters. The molecule has 2 aromatic heterocycles. The molecule has 4 nitrogen and oxygen atoms in total. The molecule has 0 fully saturated rings. The largest absolute Gasteiger partial charge is 0.230 e. The van der Waals surface area contributed by atoms with Gasteiger partial charge < -0.3 is 0 Å². The van der Waals surface area contributed by atoms with Crippen LogP contribution in [0.3, 0.4) is 0 Å². The fourth-order valence-corrected chi connectivity index (χ4v) is 1.70. The topological polar surface area (TPSA) is 43.6 Å². The fourth-order valence-electron chi connectivity index (χ4n) is 0.996. The Balaban J connectivity index is 2.51. The summed E-state index contributed by atoms with van der Waals surface area (Å²) in [6.07, 6.45) is 7.23. The van der Waals surface area contributed by atoms with Crippen LogP contribution in [0.2, 0.25) is 0 Å². The van der Waals surface area contributed by atoms with Gasteiger partial charge in [-0.3, -0.25) is 0 Å². The Morgan fingerprint density at radius 2 is 2.36 bits per heavy atom. The Hall–Kier alpha value is -0.880. The minimum Gasteiger partial charge on any atom is -0.230 e. The summed E-state index contributed by atoms with van der Waals surface area (Å²) in [5.74, 6) is 0.759. The summed E-state index contributed by atoms with van der Waals surface area (Å²) in [4.78, 5) is 8.47. The number of hydrogen-bond acceptors (Lipinski definition) is 4. The highest BCUT2D eigenvalue weighted by molar-refractivity contribution is 9.10. The second-order valence-corrected chi connectivity index (χ2v) is 4.11. The average Bonchev–Trinajstić information content (AvgIpc) is 2.71. The number of rotatable bonds is 2. The van der Waals surface area contributed by atoms with Crippen LogP contribution in [0.15, 0.2) is 34.3 Å². The molecule has 0 aliphatic rings. The Bertz CT molecular complexity index is 429. The van der Waals surface area contributed by atoms with E-state index in [9.17, 15) is 0 Å². The third-order valence-electron chi connectivity index (χ3n) is 1.61. The van der Waals surface area contributed by atoms with Crippen LogP contribution in [0.1, 0.15) is 0 Å². The summed E-state index contributed by atoms with van der Waals surface area (Å²) in [5.41, 5.74) is 0. The Morgan fingerprint density at radius 3 is 3.00 bits per heavy atom. The molecule has 72 valence electrons. The quantitative estimate of drug-likeness (QED) is 0.620. The molecule has 0 spiro atoms. The van der Waals surface area contributed by atoms with Crippen LogP contribution in [0, 0.1) is 0 Å². The van der Waals surface area contributed by atoms with Crippen LogP contribution < -0.4 is 0 Å². The lowest BCUT2D eigenvalue weighted by Crippen LogP contribution is -2.01. The van der Waals surface area contributed by atoms with Gasteiger partial charge in [-0.05, 0) is 28.3 Å². The van der Waals surface area contributed by atoms with E-state index >= 15 is 0 Å². The summed E-state index contributed by atoms with van der Waals surface area (Å²) in [7, 11) is 0. The Kier molecular flexibility index (Phi) is 2.83. The normalized spacial score (nSPS) is 10.4. The van der Waals surface area contributed by atoms with Crippen molar-refractivity contribution in [2.75, 3.05) is 6.26 Å². The highest BCUT2D eigenvalue weighted by Gasteiger charge is 2.06. The fraction of sp³-hybridized carbons (Fsp3) is 0.125. The van der Waals surface area contributed by atoms with E-state index in [0.717, 1.165) is 15.4 Å². The van der Waals surface area contributed by atoms with E-state index in [1.807, 2.05) is 18.5 Å². The monoisotopic (exact) mass is 270 g/mol. The van der Waals surface area contributed by atoms with Crippen LogP contribution in [-0.2, 0) is 0 Å². The van der Waals surface area contributed by atoms with Crippen LogP contribution in [0.25, 0.3) is 5.82 Å². The first-order valence-corrected chi connectivity index (χ1v) is 5.89. The van der Waals surface area contributed by atoms with Crippen LogP contribution in [0.4, 0.5) is 0 Å². The van der Waals surface area contributed by atoms with Gasteiger partial charge in [0, 0.05) is 18.6 Å². The van der Waals surface area contributed by atoms with Crippen molar-refractivity contribution in [1.82, 2.24) is 19.7 Å². The Labute approximate surface area is 93.9 Å². The van der Waals surface area contributed by atoms with E-state index in [-0.39, 0.29) is 0 Å². The van der Waals surface area contributed by atoms with Crippen molar-refractivity contribution in [3.63, 3.8) is 0 Å². The van der Waals surface area contributed by atoms with E-state index in [4.69, 9.17) is 0 Å². The van der Waals surface area contributed by atoms with Crippen molar-refractivity contribution in [1.29, 1.82) is 0 Å². The third kappa shape index (κ3) is 1.80.